The molecule has 0 aliphatic carbocycles. The summed E-state index contributed by atoms with van der Waals surface area (Å²) in [4.78, 5) is 0. The molecule has 0 radical (unpaired) electrons. The summed E-state index contributed by atoms with van der Waals surface area (Å²) in [5, 5.41) is 11.4. The predicted molar refractivity (Wildman–Crippen MR) is 88.9 cm³/mol. The molecule has 0 saturated heterocycles. The largest absolute Gasteiger partial charge is 1.00 e. The second-order valence-corrected chi connectivity index (χ2v) is 6.02. The van der Waals surface area contributed by atoms with E-state index in [1.807, 2.05) is 40.4 Å². The summed E-state index contributed by atoms with van der Waals surface area (Å²) < 4.78 is 3.79. The Labute approximate surface area is 150 Å². The molecule has 1 heterocycles. The summed E-state index contributed by atoms with van der Waals surface area (Å²) in [7, 11) is 1.90. The highest BCUT2D eigenvalue weighted by Crippen LogP contribution is 2.27. The van der Waals surface area contributed by atoms with Gasteiger partial charge < -0.3 is 17.5 Å². The first-order valence-electron chi connectivity index (χ1n) is 6.85. The van der Waals surface area contributed by atoms with Crippen molar-refractivity contribution in [1.82, 2.24) is 4.57 Å². The average Bonchev–Trinajstić information content (AvgIpc) is 2.75. The Balaban J connectivity index is 0.00000192. The van der Waals surface area contributed by atoms with E-state index in [4.69, 9.17) is 28.9 Å². The van der Waals surface area contributed by atoms with Gasteiger partial charge in [0.05, 0.1) is 17.1 Å². The number of hydrogen-bond donors (Lipinski definition) is 2. The Hall–Kier alpha value is -1.46. The molecule has 0 aliphatic rings. The van der Waals surface area contributed by atoms with Gasteiger partial charge in [0.15, 0.2) is 0 Å². The van der Waals surface area contributed by atoms with Gasteiger partial charge in [0.2, 0.25) is 0 Å². The standard InChI is InChI=1S/C16H15Cl2N3O.ClH/c1-20-13-4-2-3-5-14(13)21(16(20)19)9-15(22)10-6-7-11(17)12(18)8-10;/h2-8,15,19,22H,9H2,1H3;1H. The first-order chi connectivity index (χ1) is 10.5. The van der Waals surface area contributed by atoms with Gasteiger partial charge in [-0.1, -0.05) is 41.4 Å². The lowest BCUT2D eigenvalue weighted by molar-refractivity contribution is -0.630. The topological polar surface area (TPSA) is 55.1 Å². The molecule has 1 atom stereocenters. The third-order valence-electron chi connectivity index (χ3n) is 3.84. The number of anilines is 1. The van der Waals surface area contributed by atoms with Crippen molar-refractivity contribution < 1.29 is 22.1 Å². The lowest BCUT2D eigenvalue weighted by Gasteiger charge is -2.11. The maximum Gasteiger partial charge on any atom is 0.355 e. The highest BCUT2D eigenvalue weighted by Gasteiger charge is 2.21. The number of rotatable bonds is 3. The Morgan fingerprint density at radius 2 is 1.87 bits per heavy atom. The van der Waals surface area contributed by atoms with Crippen molar-refractivity contribution in [3.63, 3.8) is 0 Å². The summed E-state index contributed by atoms with van der Waals surface area (Å²) in [6, 6.07) is 13.0. The van der Waals surface area contributed by atoms with Crippen molar-refractivity contribution in [2.24, 2.45) is 7.05 Å². The second kappa shape index (κ2) is 6.97. The first-order valence-corrected chi connectivity index (χ1v) is 7.60. The molecule has 7 heteroatoms. The van der Waals surface area contributed by atoms with Crippen LogP contribution in [0.25, 0.3) is 11.0 Å². The lowest BCUT2D eigenvalue weighted by Crippen LogP contribution is -3.00. The molecule has 2 aromatic carbocycles. The average molecular weight is 373 g/mol. The van der Waals surface area contributed by atoms with Crippen molar-refractivity contribution >= 4 is 40.2 Å². The number of benzene rings is 2. The van der Waals surface area contributed by atoms with Crippen LogP contribution in [0.5, 0.6) is 0 Å². The molecular weight excluding hydrogens is 357 g/mol. The molecule has 0 bridgehead atoms. The molecule has 122 valence electrons. The molecule has 0 amide bonds. The van der Waals surface area contributed by atoms with E-state index in [0.29, 0.717) is 28.1 Å². The van der Waals surface area contributed by atoms with Crippen LogP contribution in [0.15, 0.2) is 42.5 Å². The monoisotopic (exact) mass is 371 g/mol. The van der Waals surface area contributed by atoms with Crippen LogP contribution in [0, 0.1) is 0 Å². The van der Waals surface area contributed by atoms with Crippen molar-refractivity contribution in [1.29, 1.82) is 0 Å². The van der Waals surface area contributed by atoms with Gasteiger partial charge in [-0.05, 0) is 29.8 Å². The van der Waals surface area contributed by atoms with Crippen molar-refractivity contribution in [2.45, 2.75) is 12.6 Å². The minimum absolute atomic E-state index is 0. The van der Waals surface area contributed by atoms with E-state index in [0.717, 1.165) is 11.0 Å². The molecule has 0 saturated carbocycles. The normalized spacial score (nSPS) is 12.2. The van der Waals surface area contributed by atoms with Gasteiger partial charge in [0, 0.05) is 0 Å². The van der Waals surface area contributed by atoms with E-state index in [9.17, 15) is 5.11 Å². The molecule has 1 aromatic heterocycles. The highest BCUT2D eigenvalue weighted by molar-refractivity contribution is 6.42. The molecule has 3 aromatic rings. The van der Waals surface area contributed by atoms with Gasteiger partial charge in [-0.15, -0.1) is 0 Å². The second-order valence-electron chi connectivity index (χ2n) is 5.21. The minimum atomic E-state index is -0.729. The molecule has 4 nitrogen and oxygen atoms in total. The van der Waals surface area contributed by atoms with E-state index in [1.165, 1.54) is 0 Å². The van der Waals surface area contributed by atoms with Crippen molar-refractivity contribution in [2.75, 3.05) is 5.73 Å². The van der Waals surface area contributed by atoms with Crippen LogP contribution in [0.3, 0.4) is 0 Å². The fourth-order valence-electron chi connectivity index (χ4n) is 2.59. The maximum atomic E-state index is 10.5. The van der Waals surface area contributed by atoms with E-state index < -0.39 is 6.10 Å². The number of aliphatic hydroxyl groups is 1. The number of aryl methyl sites for hydroxylation is 1. The van der Waals surface area contributed by atoms with Gasteiger partial charge >= 0.3 is 5.95 Å². The number of para-hydroxylation sites is 2. The predicted octanol–water partition coefficient (Wildman–Crippen LogP) is 0.0924. The van der Waals surface area contributed by atoms with Crippen LogP contribution in [0.2, 0.25) is 10.0 Å². The van der Waals surface area contributed by atoms with Crippen molar-refractivity contribution in [3.05, 3.63) is 58.1 Å². The van der Waals surface area contributed by atoms with Crippen LogP contribution in [0.4, 0.5) is 5.95 Å². The van der Waals surface area contributed by atoms with Crippen LogP contribution >= 0.6 is 23.2 Å². The minimum Gasteiger partial charge on any atom is -1.00 e. The first kappa shape index (κ1) is 17.9. The third-order valence-corrected chi connectivity index (χ3v) is 4.58. The van der Waals surface area contributed by atoms with Crippen LogP contribution in [-0.2, 0) is 13.6 Å². The number of imidazole rings is 1. The summed E-state index contributed by atoms with van der Waals surface area (Å²) in [5.41, 5.74) is 8.86. The summed E-state index contributed by atoms with van der Waals surface area (Å²) in [6.07, 6.45) is -0.729. The number of fused-ring (bicyclic) bond motifs is 1. The highest BCUT2D eigenvalue weighted by atomic mass is 35.5. The number of aliphatic hydroxyl groups excluding tert-OH is 1. The zero-order valence-electron chi connectivity index (χ0n) is 12.4. The fraction of sp³-hybridized carbons (Fsp3) is 0.188. The fourth-order valence-corrected chi connectivity index (χ4v) is 2.90. The zero-order chi connectivity index (χ0) is 15.9. The van der Waals surface area contributed by atoms with Crippen LogP contribution in [-0.4, -0.2) is 9.67 Å². The van der Waals surface area contributed by atoms with Crippen LogP contribution in [0.1, 0.15) is 11.7 Å². The van der Waals surface area contributed by atoms with Crippen LogP contribution < -0.4 is 22.7 Å². The molecule has 0 spiro atoms. The Bertz CT molecular complexity index is 848. The van der Waals surface area contributed by atoms with Gasteiger partial charge in [0.25, 0.3) is 0 Å². The van der Waals surface area contributed by atoms with E-state index >= 15 is 0 Å². The van der Waals surface area contributed by atoms with E-state index in [-0.39, 0.29) is 12.4 Å². The summed E-state index contributed by atoms with van der Waals surface area (Å²) in [6.45, 7) is 0.338. The SMILES string of the molecule is C[n+]1c(N)n(CC(O)c2ccc(Cl)c(Cl)c2)c2ccccc21.[Cl-]. The number of aromatic nitrogens is 2. The number of nitrogens with two attached hydrogens (primary N) is 1. The third kappa shape index (κ3) is 3.26. The molecule has 0 fully saturated rings. The number of nitrogens with zero attached hydrogens (tertiary/aromatic N) is 2. The van der Waals surface area contributed by atoms with E-state index in [1.54, 1.807) is 18.2 Å². The van der Waals surface area contributed by atoms with Gasteiger partial charge in [-0.3, -0.25) is 5.73 Å². The number of nitrogen functional groups attached to an aromatic ring is 1. The molecule has 3 rings (SSSR count). The van der Waals surface area contributed by atoms with Gasteiger partial charge in [0.1, 0.15) is 23.7 Å². The molecule has 1 unspecified atom stereocenters. The van der Waals surface area contributed by atoms with Crippen molar-refractivity contribution in [3.8, 4) is 0 Å². The van der Waals surface area contributed by atoms with Gasteiger partial charge in [-0.25, -0.2) is 9.13 Å². The Morgan fingerprint density at radius 1 is 1.17 bits per heavy atom. The smallest absolute Gasteiger partial charge is 0.355 e. The molecular formula is C16H16Cl3N3O. The maximum absolute atomic E-state index is 10.5. The quantitative estimate of drug-likeness (QED) is 0.641. The lowest BCUT2D eigenvalue weighted by atomic mass is 10.1. The zero-order valence-corrected chi connectivity index (χ0v) is 14.6. The molecule has 23 heavy (non-hydrogen) atoms. The molecule has 3 N–H and O–H groups in total. The summed E-state index contributed by atoms with van der Waals surface area (Å²) in [5.74, 6) is 0.584. The Kier molecular flexibility index (Phi) is 5.42. The number of hydrogen-bond acceptors (Lipinski definition) is 2. The number of halogens is 3. The molecule has 0 aliphatic heterocycles. The van der Waals surface area contributed by atoms with Gasteiger partial charge in [-0.2, -0.15) is 0 Å². The van der Waals surface area contributed by atoms with E-state index in [2.05, 4.69) is 0 Å². The Morgan fingerprint density at radius 3 is 2.57 bits per heavy atom. The summed E-state index contributed by atoms with van der Waals surface area (Å²) >= 11 is 11.9.